The van der Waals surface area contributed by atoms with Gasteiger partial charge in [-0.1, -0.05) is 20.8 Å². The van der Waals surface area contributed by atoms with Crippen LogP contribution in [0.15, 0.2) is 12.3 Å². The molecule has 0 amide bonds. The molecule has 2 rings (SSSR count). The summed E-state index contributed by atoms with van der Waals surface area (Å²) in [6, 6.07) is 2.16. The predicted molar refractivity (Wildman–Crippen MR) is 72.8 cm³/mol. The van der Waals surface area contributed by atoms with Gasteiger partial charge in [0.2, 0.25) is 0 Å². The number of aliphatic hydroxyl groups excluding tert-OH is 1. The molecule has 1 aromatic rings. The molecule has 0 unspecified atom stereocenters. The molecule has 4 nitrogen and oxygen atoms in total. The lowest BCUT2D eigenvalue weighted by Crippen LogP contribution is -2.42. The number of hydrogen-bond donors (Lipinski definition) is 1. The van der Waals surface area contributed by atoms with E-state index in [9.17, 15) is 5.11 Å². The van der Waals surface area contributed by atoms with E-state index in [-0.39, 0.29) is 18.1 Å². The van der Waals surface area contributed by atoms with Crippen LogP contribution in [0.3, 0.4) is 0 Å². The highest BCUT2D eigenvalue weighted by Crippen LogP contribution is 2.25. The van der Waals surface area contributed by atoms with Crippen LogP contribution in [-0.2, 0) is 5.41 Å². The van der Waals surface area contributed by atoms with E-state index >= 15 is 0 Å². The van der Waals surface area contributed by atoms with Crippen LogP contribution in [0.4, 0.5) is 5.82 Å². The maximum Gasteiger partial charge on any atom is 0.135 e. The van der Waals surface area contributed by atoms with Crippen molar-refractivity contribution in [1.29, 1.82) is 0 Å². The van der Waals surface area contributed by atoms with Crippen LogP contribution in [-0.4, -0.2) is 34.3 Å². The zero-order chi connectivity index (χ0) is 13.2. The molecule has 1 N–H and O–H groups in total. The molecule has 1 aliphatic heterocycles. The molecule has 0 aromatic carbocycles. The minimum Gasteiger partial charge on any atom is -0.394 e. The van der Waals surface area contributed by atoms with Crippen molar-refractivity contribution in [2.45, 2.75) is 51.5 Å². The highest BCUT2D eigenvalue weighted by molar-refractivity contribution is 5.40. The molecular weight excluding hydrogens is 226 g/mol. The Morgan fingerprint density at radius 3 is 2.83 bits per heavy atom. The molecule has 18 heavy (non-hydrogen) atoms. The van der Waals surface area contributed by atoms with Crippen molar-refractivity contribution in [2.75, 3.05) is 18.1 Å². The molecule has 1 aliphatic rings. The number of anilines is 1. The molecule has 0 bridgehead atoms. The fourth-order valence-electron chi connectivity index (χ4n) is 2.36. The molecule has 0 radical (unpaired) electrons. The average molecular weight is 249 g/mol. The van der Waals surface area contributed by atoms with Gasteiger partial charge in [-0.05, 0) is 25.3 Å². The van der Waals surface area contributed by atoms with Gasteiger partial charge in [0, 0.05) is 18.2 Å². The molecule has 2 heterocycles. The van der Waals surface area contributed by atoms with E-state index in [1.54, 1.807) is 0 Å². The first-order valence-electron chi connectivity index (χ1n) is 6.73. The standard InChI is InChI=1S/C14H23N3O/c1-14(2,3)13-15-8-7-12(16-13)17-9-5-4-6-11(17)10-18/h7-8,11,18H,4-6,9-10H2,1-3H3/t11-/m0/s1. The highest BCUT2D eigenvalue weighted by atomic mass is 16.3. The topological polar surface area (TPSA) is 49.2 Å². The summed E-state index contributed by atoms with van der Waals surface area (Å²) >= 11 is 0. The number of aromatic nitrogens is 2. The third kappa shape index (κ3) is 2.80. The van der Waals surface area contributed by atoms with Crippen LogP contribution in [0.1, 0.15) is 45.9 Å². The van der Waals surface area contributed by atoms with E-state index < -0.39 is 0 Å². The summed E-state index contributed by atoms with van der Waals surface area (Å²) in [4.78, 5) is 11.2. The lowest BCUT2D eigenvalue weighted by molar-refractivity contribution is 0.239. The van der Waals surface area contributed by atoms with Crippen molar-refractivity contribution in [3.8, 4) is 0 Å². The van der Waals surface area contributed by atoms with Gasteiger partial charge in [-0.25, -0.2) is 9.97 Å². The quantitative estimate of drug-likeness (QED) is 0.872. The van der Waals surface area contributed by atoms with E-state index in [2.05, 4.69) is 35.6 Å². The molecule has 1 atom stereocenters. The van der Waals surface area contributed by atoms with Crippen LogP contribution in [0.25, 0.3) is 0 Å². The number of hydrogen-bond acceptors (Lipinski definition) is 4. The molecule has 0 saturated carbocycles. The number of aliphatic hydroxyl groups is 1. The van der Waals surface area contributed by atoms with Crippen molar-refractivity contribution >= 4 is 5.82 Å². The molecule has 1 fully saturated rings. The number of piperidine rings is 1. The SMILES string of the molecule is CC(C)(C)c1nccc(N2CCCC[C@H]2CO)n1. The van der Waals surface area contributed by atoms with Crippen LogP contribution in [0.2, 0.25) is 0 Å². The lowest BCUT2D eigenvalue weighted by atomic mass is 9.95. The van der Waals surface area contributed by atoms with E-state index in [1.165, 1.54) is 12.8 Å². The molecular formula is C14H23N3O. The Bertz CT molecular complexity index is 400. The Kier molecular flexibility index (Phi) is 3.85. The maximum absolute atomic E-state index is 9.47. The van der Waals surface area contributed by atoms with Gasteiger partial charge in [-0.3, -0.25) is 0 Å². The maximum atomic E-state index is 9.47. The molecule has 0 aliphatic carbocycles. The van der Waals surface area contributed by atoms with Gasteiger partial charge in [0.15, 0.2) is 0 Å². The fraction of sp³-hybridized carbons (Fsp3) is 0.714. The number of rotatable bonds is 2. The van der Waals surface area contributed by atoms with Crippen LogP contribution < -0.4 is 4.90 Å². The van der Waals surface area contributed by atoms with E-state index in [1.807, 2.05) is 12.3 Å². The monoisotopic (exact) mass is 249 g/mol. The normalized spacial score (nSPS) is 21.1. The van der Waals surface area contributed by atoms with Gasteiger partial charge in [0.05, 0.1) is 12.6 Å². The Hall–Kier alpha value is -1.16. The van der Waals surface area contributed by atoms with Crippen molar-refractivity contribution < 1.29 is 5.11 Å². The summed E-state index contributed by atoms with van der Waals surface area (Å²) in [5.74, 6) is 1.82. The van der Waals surface area contributed by atoms with Crippen molar-refractivity contribution in [2.24, 2.45) is 0 Å². The largest absolute Gasteiger partial charge is 0.394 e. The lowest BCUT2D eigenvalue weighted by Gasteiger charge is -2.36. The zero-order valence-electron chi connectivity index (χ0n) is 11.6. The summed E-state index contributed by atoms with van der Waals surface area (Å²) < 4.78 is 0. The Morgan fingerprint density at radius 2 is 2.17 bits per heavy atom. The predicted octanol–water partition coefficient (Wildman–Crippen LogP) is 2.13. The summed E-state index contributed by atoms with van der Waals surface area (Å²) in [6.45, 7) is 7.53. The van der Waals surface area contributed by atoms with Gasteiger partial charge in [-0.15, -0.1) is 0 Å². The van der Waals surface area contributed by atoms with Gasteiger partial charge in [0.25, 0.3) is 0 Å². The smallest absolute Gasteiger partial charge is 0.135 e. The average Bonchev–Trinajstić information content (AvgIpc) is 2.38. The Balaban J connectivity index is 2.27. The van der Waals surface area contributed by atoms with Crippen molar-refractivity contribution in [1.82, 2.24) is 9.97 Å². The highest BCUT2D eigenvalue weighted by Gasteiger charge is 2.24. The van der Waals surface area contributed by atoms with Crippen LogP contribution >= 0.6 is 0 Å². The first kappa shape index (κ1) is 13.3. The third-order valence-corrected chi connectivity index (χ3v) is 3.44. The van der Waals surface area contributed by atoms with Gasteiger partial charge >= 0.3 is 0 Å². The summed E-state index contributed by atoms with van der Waals surface area (Å²) in [5.41, 5.74) is -0.0412. The van der Waals surface area contributed by atoms with Crippen molar-refractivity contribution in [3.63, 3.8) is 0 Å². The Morgan fingerprint density at radius 1 is 1.39 bits per heavy atom. The van der Waals surface area contributed by atoms with Crippen molar-refractivity contribution in [3.05, 3.63) is 18.1 Å². The Labute approximate surface area is 109 Å². The second-order valence-electron chi connectivity index (χ2n) is 6.01. The van der Waals surface area contributed by atoms with Crippen LogP contribution in [0, 0.1) is 0 Å². The van der Waals surface area contributed by atoms with E-state index in [4.69, 9.17) is 0 Å². The van der Waals surface area contributed by atoms with E-state index in [0.717, 1.165) is 24.6 Å². The third-order valence-electron chi connectivity index (χ3n) is 3.44. The zero-order valence-corrected chi connectivity index (χ0v) is 11.6. The minimum absolute atomic E-state index is 0.0412. The second-order valence-corrected chi connectivity index (χ2v) is 6.01. The minimum atomic E-state index is -0.0412. The molecule has 1 aromatic heterocycles. The van der Waals surface area contributed by atoms with E-state index in [0.29, 0.717) is 0 Å². The summed E-state index contributed by atoms with van der Waals surface area (Å²) in [5, 5.41) is 9.47. The summed E-state index contributed by atoms with van der Waals surface area (Å²) in [6.07, 6.45) is 5.24. The first-order chi connectivity index (χ1) is 8.52. The van der Waals surface area contributed by atoms with Gasteiger partial charge in [0.1, 0.15) is 11.6 Å². The first-order valence-corrected chi connectivity index (χ1v) is 6.73. The molecule has 4 heteroatoms. The fourth-order valence-corrected chi connectivity index (χ4v) is 2.36. The van der Waals surface area contributed by atoms with Gasteiger partial charge < -0.3 is 10.0 Å². The summed E-state index contributed by atoms with van der Waals surface area (Å²) in [7, 11) is 0. The van der Waals surface area contributed by atoms with Gasteiger partial charge in [-0.2, -0.15) is 0 Å². The van der Waals surface area contributed by atoms with Crippen LogP contribution in [0.5, 0.6) is 0 Å². The second kappa shape index (κ2) is 5.22. The molecule has 0 spiro atoms. The molecule has 100 valence electrons. The molecule has 1 saturated heterocycles. The number of nitrogens with zero attached hydrogens (tertiary/aromatic N) is 3.